The molecular formula is C13H17F4NO2. The molecule has 0 aliphatic heterocycles. The molecule has 0 aliphatic rings. The molecule has 0 amide bonds. The van der Waals surface area contributed by atoms with E-state index >= 15 is 0 Å². The van der Waals surface area contributed by atoms with Gasteiger partial charge in [0.1, 0.15) is 18.5 Å². The van der Waals surface area contributed by atoms with Crippen molar-refractivity contribution in [3.63, 3.8) is 0 Å². The molecule has 0 saturated carbocycles. The van der Waals surface area contributed by atoms with Crippen LogP contribution < -0.4 is 10.1 Å². The Morgan fingerprint density at radius 3 is 2.55 bits per heavy atom. The number of benzene rings is 1. The fourth-order valence-corrected chi connectivity index (χ4v) is 1.45. The van der Waals surface area contributed by atoms with Crippen molar-refractivity contribution < 1.29 is 27.4 Å². The number of aryl methyl sites for hydroxylation is 1. The van der Waals surface area contributed by atoms with Gasteiger partial charge in [0.05, 0.1) is 6.54 Å². The van der Waals surface area contributed by atoms with Crippen LogP contribution in [-0.4, -0.2) is 43.3 Å². The second-order valence-electron chi connectivity index (χ2n) is 4.42. The summed E-state index contributed by atoms with van der Waals surface area (Å²) in [6, 6.07) is 7.12. The van der Waals surface area contributed by atoms with Gasteiger partial charge >= 0.3 is 12.3 Å². The van der Waals surface area contributed by atoms with Gasteiger partial charge < -0.3 is 15.2 Å². The highest BCUT2D eigenvalue weighted by Gasteiger charge is 2.40. The topological polar surface area (TPSA) is 41.5 Å². The summed E-state index contributed by atoms with van der Waals surface area (Å²) in [5.41, 5.74) is 0.872. The lowest BCUT2D eigenvalue weighted by atomic mass is 10.2. The molecule has 0 saturated heterocycles. The van der Waals surface area contributed by atoms with Gasteiger partial charge in [-0.1, -0.05) is 18.2 Å². The van der Waals surface area contributed by atoms with E-state index < -0.39 is 25.0 Å². The Labute approximate surface area is 114 Å². The van der Waals surface area contributed by atoms with E-state index in [1.54, 1.807) is 12.1 Å². The third-order valence-electron chi connectivity index (χ3n) is 2.58. The van der Waals surface area contributed by atoms with Gasteiger partial charge in [-0.05, 0) is 18.6 Å². The average Bonchev–Trinajstić information content (AvgIpc) is 2.37. The standard InChI is InChI=1S/C13H17F4NO2/c1-9-4-2-3-5-11(9)20-7-10(19)6-18-8-13(16,17)12(14)15/h2-5,10,12,18-19H,6-8H2,1H3. The Kier molecular flexibility index (Phi) is 6.22. The summed E-state index contributed by atoms with van der Waals surface area (Å²) in [5.74, 6) is -3.53. The van der Waals surface area contributed by atoms with Crippen molar-refractivity contribution in [1.29, 1.82) is 0 Å². The predicted molar refractivity (Wildman–Crippen MR) is 66.5 cm³/mol. The number of hydrogen-bond acceptors (Lipinski definition) is 3. The minimum Gasteiger partial charge on any atom is -0.491 e. The van der Waals surface area contributed by atoms with Crippen molar-refractivity contribution in [3.8, 4) is 5.75 Å². The third kappa shape index (κ3) is 5.34. The summed E-state index contributed by atoms with van der Waals surface area (Å²) in [6.07, 6.45) is -4.79. The monoisotopic (exact) mass is 295 g/mol. The first-order valence-electron chi connectivity index (χ1n) is 6.06. The van der Waals surface area contributed by atoms with Crippen LogP contribution in [0.2, 0.25) is 0 Å². The number of nitrogens with one attached hydrogen (secondary N) is 1. The molecule has 1 atom stereocenters. The lowest BCUT2D eigenvalue weighted by Crippen LogP contribution is -2.42. The van der Waals surface area contributed by atoms with Gasteiger partial charge in [0.15, 0.2) is 0 Å². The highest BCUT2D eigenvalue weighted by atomic mass is 19.3. The second kappa shape index (κ2) is 7.44. The largest absolute Gasteiger partial charge is 0.491 e. The van der Waals surface area contributed by atoms with Crippen molar-refractivity contribution in [2.75, 3.05) is 19.7 Å². The van der Waals surface area contributed by atoms with Crippen LogP contribution in [0.4, 0.5) is 17.6 Å². The summed E-state index contributed by atoms with van der Waals surface area (Å²) < 4.78 is 54.2. The van der Waals surface area contributed by atoms with Crippen LogP contribution in [0.5, 0.6) is 5.75 Å². The average molecular weight is 295 g/mol. The normalized spacial score (nSPS) is 13.6. The van der Waals surface area contributed by atoms with Crippen molar-refractivity contribution in [2.45, 2.75) is 25.4 Å². The van der Waals surface area contributed by atoms with E-state index in [-0.39, 0.29) is 13.2 Å². The quantitative estimate of drug-likeness (QED) is 0.723. The molecule has 0 bridgehead atoms. The van der Waals surface area contributed by atoms with Crippen LogP contribution in [-0.2, 0) is 0 Å². The molecule has 1 unspecified atom stereocenters. The van der Waals surface area contributed by atoms with Gasteiger partial charge in [-0.3, -0.25) is 0 Å². The molecule has 7 heteroatoms. The molecule has 0 fully saturated rings. The Balaban J connectivity index is 2.28. The Bertz CT molecular complexity index is 415. The van der Waals surface area contributed by atoms with E-state index in [4.69, 9.17) is 4.74 Å². The van der Waals surface area contributed by atoms with Crippen LogP contribution >= 0.6 is 0 Å². The van der Waals surface area contributed by atoms with Gasteiger partial charge in [0, 0.05) is 6.54 Å². The smallest absolute Gasteiger partial charge is 0.319 e. The second-order valence-corrected chi connectivity index (χ2v) is 4.42. The van der Waals surface area contributed by atoms with Crippen LogP contribution in [0.15, 0.2) is 24.3 Å². The van der Waals surface area contributed by atoms with E-state index in [1.165, 1.54) is 0 Å². The molecule has 20 heavy (non-hydrogen) atoms. The van der Waals surface area contributed by atoms with Crippen LogP contribution in [0.25, 0.3) is 0 Å². The third-order valence-corrected chi connectivity index (χ3v) is 2.58. The molecule has 3 nitrogen and oxygen atoms in total. The highest BCUT2D eigenvalue weighted by Crippen LogP contribution is 2.21. The lowest BCUT2D eigenvalue weighted by molar-refractivity contribution is -0.125. The molecule has 0 radical (unpaired) electrons. The van der Waals surface area contributed by atoms with E-state index in [0.29, 0.717) is 5.75 Å². The van der Waals surface area contributed by atoms with Gasteiger partial charge in [-0.2, -0.15) is 8.78 Å². The Morgan fingerprint density at radius 1 is 1.30 bits per heavy atom. The number of aliphatic hydroxyl groups is 1. The van der Waals surface area contributed by atoms with Crippen molar-refractivity contribution in [1.82, 2.24) is 5.32 Å². The molecule has 1 rings (SSSR count). The van der Waals surface area contributed by atoms with Gasteiger partial charge in [0.25, 0.3) is 0 Å². The SMILES string of the molecule is Cc1ccccc1OCC(O)CNCC(F)(F)C(F)F. The van der Waals surface area contributed by atoms with E-state index in [2.05, 4.69) is 5.32 Å². The molecule has 2 N–H and O–H groups in total. The summed E-state index contributed by atoms with van der Waals surface area (Å²) in [5, 5.41) is 11.6. The maximum atomic E-state index is 12.6. The lowest BCUT2D eigenvalue weighted by Gasteiger charge is -2.18. The summed E-state index contributed by atoms with van der Waals surface area (Å²) in [4.78, 5) is 0. The Hall–Kier alpha value is -1.34. The maximum absolute atomic E-state index is 12.6. The fraction of sp³-hybridized carbons (Fsp3) is 0.538. The summed E-state index contributed by atoms with van der Waals surface area (Å²) in [7, 11) is 0. The maximum Gasteiger partial charge on any atom is 0.319 e. The molecule has 0 aromatic heterocycles. The van der Waals surface area contributed by atoms with Crippen molar-refractivity contribution >= 4 is 0 Å². The highest BCUT2D eigenvalue weighted by molar-refractivity contribution is 5.31. The van der Waals surface area contributed by atoms with Crippen molar-refractivity contribution in [3.05, 3.63) is 29.8 Å². The number of rotatable bonds is 8. The van der Waals surface area contributed by atoms with Gasteiger partial charge in [0.2, 0.25) is 0 Å². The zero-order valence-corrected chi connectivity index (χ0v) is 11.0. The number of ether oxygens (including phenoxy) is 1. The molecule has 0 aliphatic carbocycles. The molecule has 0 spiro atoms. The number of aliphatic hydroxyl groups excluding tert-OH is 1. The van der Waals surface area contributed by atoms with Crippen LogP contribution in [0.3, 0.4) is 0 Å². The van der Waals surface area contributed by atoms with Crippen LogP contribution in [0.1, 0.15) is 5.56 Å². The number of hydrogen-bond donors (Lipinski definition) is 2. The molecule has 1 aromatic rings. The summed E-state index contributed by atoms with van der Waals surface area (Å²) >= 11 is 0. The molecular weight excluding hydrogens is 278 g/mol. The minimum atomic E-state index is -4.10. The van der Waals surface area contributed by atoms with Gasteiger partial charge in [-0.25, -0.2) is 8.78 Å². The van der Waals surface area contributed by atoms with E-state index in [0.717, 1.165) is 5.56 Å². The zero-order chi connectivity index (χ0) is 15.2. The van der Waals surface area contributed by atoms with Gasteiger partial charge in [-0.15, -0.1) is 0 Å². The molecule has 114 valence electrons. The van der Waals surface area contributed by atoms with Crippen LogP contribution in [0, 0.1) is 6.92 Å². The first kappa shape index (κ1) is 16.7. The number of halogens is 4. The van der Waals surface area contributed by atoms with E-state index in [1.807, 2.05) is 19.1 Å². The summed E-state index contributed by atoms with van der Waals surface area (Å²) in [6.45, 7) is 0.265. The van der Waals surface area contributed by atoms with Crippen molar-refractivity contribution in [2.24, 2.45) is 0 Å². The molecule has 1 aromatic carbocycles. The predicted octanol–water partition coefficient (Wildman–Crippen LogP) is 2.22. The fourth-order valence-electron chi connectivity index (χ4n) is 1.45. The zero-order valence-electron chi connectivity index (χ0n) is 11.0. The number of para-hydroxylation sites is 1. The number of alkyl halides is 4. The first-order valence-corrected chi connectivity index (χ1v) is 6.06. The Morgan fingerprint density at radius 2 is 1.95 bits per heavy atom. The molecule has 0 heterocycles. The minimum absolute atomic E-state index is 0.113. The first-order chi connectivity index (χ1) is 9.33. The van der Waals surface area contributed by atoms with E-state index in [9.17, 15) is 22.7 Å².